The van der Waals surface area contributed by atoms with E-state index in [-0.39, 0.29) is 0 Å². The second-order valence-electron chi connectivity index (χ2n) is 5.14. The Morgan fingerprint density at radius 2 is 1.57 bits per heavy atom. The average molecular weight is 268 g/mol. The number of nitrogens with zero attached hydrogens (tertiary/aromatic N) is 2. The predicted octanol–water partition coefficient (Wildman–Crippen LogP) is 4.87. The molecule has 2 nitrogen and oxygen atoms in total. The first kappa shape index (κ1) is 11.9. The first-order valence-corrected chi connectivity index (χ1v) is 6.91. The van der Waals surface area contributed by atoms with Crippen LogP contribution in [0.15, 0.2) is 60.8 Å². The van der Waals surface area contributed by atoms with Crippen molar-refractivity contribution in [2.45, 2.75) is 6.42 Å². The topological polar surface area (TPSA) is 17.2 Å². The molecule has 0 unspecified atom stereocenters. The van der Waals surface area contributed by atoms with Crippen molar-refractivity contribution >= 4 is 5.69 Å². The van der Waals surface area contributed by atoms with E-state index in [1.807, 2.05) is 36.5 Å². The van der Waals surface area contributed by atoms with Gasteiger partial charge in [0.2, 0.25) is 0 Å². The molecule has 0 saturated heterocycles. The number of hydrogen-bond acceptors (Lipinski definition) is 1. The lowest BCUT2D eigenvalue weighted by Gasteiger charge is -2.07. The van der Waals surface area contributed by atoms with Gasteiger partial charge < -0.3 is 0 Å². The molecule has 0 radical (unpaired) electrons. The first-order chi connectivity index (χ1) is 10.4. The van der Waals surface area contributed by atoms with Crippen LogP contribution in [0.2, 0.25) is 0 Å². The van der Waals surface area contributed by atoms with E-state index in [1.165, 1.54) is 22.3 Å². The zero-order chi connectivity index (χ0) is 14.2. The fourth-order valence-electron chi connectivity index (χ4n) is 3.09. The van der Waals surface area contributed by atoms with Crippen LogP contribution in [0, 0.1) is 6.57 Å². The monoisotopic (exact) mass is 268 g/mol. The molecular formula is C19H12N2. The van der Waals surface area contributed by atoms with Gasteiger partial charge in [0.1, 0.15) is 0 Å². The molecule has 1 aliphatic rings. The highest BCUT2D eigenvalue weighted by Crippen LogP contribution is 2.44. The molecule has 0 fully saturated rings. The van der Waals surface area contributed by atoms with Crippen LogP contribution in [0.5, 0.6) is 0 Å². The van der Waals surface area contributed by atoms with Gasteiger partial charge in [-0.2, -0.15) is 0 Å². The summed E-state index contributed by atoms with van der Waals surface area (Å²) < 4.78 is 0. The second kappa shape index (κ2) is 4.57. The maximum Gasteiger partial charge on any atom is 0.191 e. The van der Waals surface area contributed by atoms with Crippen LogP contribution in [-0.2, 0) is 6.42 Å². The third-order valence-electron chi connectivity index (χ3n) is 4.03. The Morgan fingerprint density at radius 3 is 2.33 bits per heavy atom. The zero-order valence-corrected chi connectivity index (χ0v) is 11.4. The quantitative estimate of drug-likeness (QED) is 0.450. The number of rotatable bonds is 1. The number of fused-ring (bicyclic) bond motifs is 3. The number of benzene rings is 2. The molecule has 0 amide bonds. The summed E-state index contributed by atoms with van der Waals surface area (Å²) in [5.41, 5.74) is 7.77. The first-order valence-electron chi connectivity index (χ1n) is 6.91. The highest BCUT2D eigenvalue weighted by atomic mass is 14.7. The summed E-state index contributed by atoms with van der Waals surface area (Å²) in [5.74, 6) is 0. The molecule has 0 saturated carbocycles. The van der Waals surface area contributed by atoms with Crippen molar-refractivity contribution in [1.29, 1.82) is 0 Å². The normalized spacial score (nSPS) is 11.6. The van der Waals surface area contributed by atoms with E-state index in [0.717, 1.165) is 23.4 Å². The summed E-state index contributed by atoms with van der Waals surface area (Å²) in [7, 11) is 0. The lowest BCUT2D eigenvalue weighted by atomic mass is 9.99. The minimum atomic E-state index is 0.760. The van der Waals surface area contributed by atoms with Crippen molar-refractivity contribution in [3.8, 4) is 22.4 Å². The van der Waals surface area contributed by atoms with Crippen molar-refractivity contribution < 1.29 is 0 Å². The van der Waals surface area contributed by atoms with E-state index < -0.39 is 0 Å². The molecule has 0 aliphatic heterocycles. The minimum Gasteiger partial charge on any atom is -0.256 e. The highest BCUT2D eigenvalue weighted by Gasteiger charge is 2.23. The van der Waals surface area contributed by atoms with Gasteiger partial charge in [-0.25, -0.2) is 4.85 Å². The summed E-state index contributed by atoms with van der Waals surface area (Å²) in [6.07, 6.45) is 2.64. The Balaban J connectivity index is 1.95. The molecule has 2 heteroatoms. The van der Waals surface area contributed by atoms with Gasteiger partial charge in [0, 0.05) is 11.8 Å². The smallest absolute Gasteiger partial charge is 0.191 e. The zero-order valence-electron chi connectivity index (χ0n) is 11.4. The molecule has 1 aliphatic carbocycles. The van der Waals surface area contributed by atoms with Crippen LogP contribution in [-0.4, -0.2) is 4.98 Å². The predicted molar refractivity (Wildman–Crippen MR) is 84.2 cm³/mol. The van der Waals surface area contributed by atoms with Gasteiger partial charge in [-0.3, -0.25) is 4.98 Å². The van der Waals surface area contributed by atoms with Gasteiger partial charge in [0.25, 0.3) is 0 Å². The van der Waals surface area contributed by atoms with Crippen molar-refractivity contribution in [3.63, 3.8) is 0 Å². The Kier molecular flexibility index (Phi) is 2.58. The summed E-state index contributed by atoms with van der Waals surface area (Å²) in [4.78, 5) is 8.13. The second-order valence-corrected chi connectivity index (χ2v) is 5.14. The third kappa shape index (κ3) is 1.75. The van der Waals surface area contributed by atoms with Crippen molar-refractivity contribution in [1.82, 2.24) is 4.98 Å². The largest absolute Gasteiger partial charge is 0.256 e. The van der Waals surface area contributed by atoms with E-state index in [2.05, 4.69) is 34.1 Å². The highest BCUT2D eigenvalue weighted by molar-refractivity contribution is 5.87. The van der Waals surface area contributed by atoms with E-state index in [1.54, 1.807) is 0 Å². The Hall–Kier alpha value is -2.92. The van der Waals surface area contributed by atoms with Gasteiger partial charge in [0.15, 0.2) is 5.69 Å². The molecule has 0 bridgehead atoms. The molecule has 0 N–H and O–H groups in total. The lowest BCUT2D eigenvalue weighted by molar-refractivity contribution is 1.24. The van der Waals surface area contributed by atoms with Crippen molar-refractivity contribution in [3.05, 3.63) is 83.3 Å². The third-order valence-corrected chi connectivity index (χ3v) is 4.03. The van der Waals surface area contributed by atoms with Crippen LogP contribution < -0.4 is 0 Å². The molecule has 2 aromatic carbocycles. The molecular weight excluding hydrogens is 256 g/mol. The van der Waals surface area contributed by atoms with Crippen LogP contribution in [0.25, 0.3) is 27.2 Å². The molecule has 21 heavy (non-hydrogen) atoms. The standard InChI is InChI=1S/C19H12N2/c1-20-18-10-5-7-14-13-6-4-8-15(16(13)12-17(14)18)19-9-2-3-11-21-19/h2-11H,12H2. The SMILES string of the molecule is [C-]#[N+]c1cccc2c1Cc1c(-c3ccccn3)cccc1-2. The maximum absolute atomic E-state index is 7.35. The maximum atomic E-state index is 7.35. The van der Waals surface area contributed by atoms with Gasteiger partial charge in [-0.15, -0.1) is 0 Å². The van der Waals surface area contributed by atoms with Crippen molar-refractivity contribution in [2.75, 3.05) is 0 Å². The summed E-state index contributed by atoms with van der Waals surface area (Å²) in [6.45, 7) is 7.35. The van der Waals surface area contributed by atoms with Gasteiger partial charge in [-0.1, -0.05) is 42.5 Å². The molecule has 0 spiro atoms. The number of pyridine rings is 1. The molecule has 3 aromatic rings. The summed E-state index contributed by atoms with van der Waals surface area (Å²) >= 11 is 0. The Labute approximate surface area is 123 Å². The molecule has 4 rings (SSSR count). The minimum absolute atomic E-state index is 0.760. The lowest BCUT2D eigenvalue weighted by Crippen LogP contribution is -1.89. The van der Waals surface area contributed by atoms with Gasteiger partial charge in [-0.05, 0) is 40.8 Å². The molecule has 1 aromatic heterocycles. The Morgan fingerprint density at radius 1 is 0.810 bits per heavy atom. The molecule has 98 valence electrons. The molecule has 0 atom stereocenters. The van der Waals surface area contributed by atoms with Crippen LogP contribution in [0.1, 0.15) is 11.1 Å². The summed E-state index contributed by atoms with van der Waals surface area (Å²) in [5, 5.41) is 0. The van der Waals surface area contributed by atoms with Crippen LogP contribution >= 0.6 is 0 Å². The summed E-state index contributed by atoms with van der Waals surface area (Å²) in [6, 6.07) is 18.3. The fraction of sp³-hybridized carbons (Fsp3) is 0.0526. The number of aromatic nitrogens is 1. The van der Waals surface area contributed by atoms with E-state index in [0.29, 0.717) is 0 Å². The van der Waals surface area contributed by atoms with E-state index >= 15 is 0 Å². The van der Waals surface area contributed by atoms with Crippen LogP contribution in [0.3, 0.4) is 0 Å². The number of hydrogen-bond donors (Lipinski definition) is 0. The van der Waals surface area contributed by atoms with E-state index in [9.17, 15) is 0 Å². The van der Waals surface area contributed by atoms with Crippen molar-refractivity contribution in [2.24, 2.45) is 0 Å². The van der Waals surface area contributed by atoms with E-state index in [4.69, 9.17) is 6.57 Å². The fourth-order valence-corrected chi connectivity index (χ4v) is 3.09. The van der Waals surface area contributed by atoms with Crippen LogP contribution in [0.4, 0.5) is 5.69 Å². The Bertz CT molecular complexity index is 874. The average Bonchev–Trinajstić information content (AvgIpc) is 2.94. The van der Waals surface area contributed by atoms with Gasteiger partial charge >= 0.3 is 0 Å². The molecule has 1 heterocycles. The van der Waals surface area contributed by atoms with Gasteiger partial charge in [0.05, 0.1) is 12.3 Å².